The molecule has 0 amide bonds. The smallest absolute Gasteiger partial charge is 0.207 e. The number of benzene rings is 1. The molecule has 0 aromatic heterocycles. The molecule has 0 N–H and O–H groups in total. The van der Waals surface area contributed by atoms with Gasteiger partial charge in [0, 0.05) is 12.6 Å². The third-order valence-electron chi connectivity index (χ3n) is 2.24. The van der Waals surface area contributed by atoms with Gasteiger partial charge in [0.15, 0.2) is 0 Å². The summed E-state index contributed by atoms with van der Waals surface area (Å²) in [5.74, 6) is 0. The molecule has 3 nitrogen and oxygen atoms in total. The van der Waals surface area contributed by atoms with Gasteiger partial charge in [0.25, 0.3) is 0 Å². The fraction of sp³-hybridized carbons (Fsp3) is 0.455. The largest absolute Gasteiger partial charge is 0.243 e. The van der Waals surface area contributed by atoms with Gasteiger partial charge in [-0.1, -0.05) is 25.1 Å². The molecule has 0 bridgehead atoms. The summed E-state index contributed by atoms with van der Waals surface area (Å²) in [7, 11) is -3.32. The molecule has 15 heavy (non-hydrogen) atoms. The van der Waals surface area contributed by atoms with Gasteiger partial charge in [-0.3, -0.25) is 0 Å². The number of hydrogen-bond donors (Lipinski definition) is 0. The Morgan fingerprint density at radius 1 is 1.20 bits per heavy atom. The highest BCUT2D eigenvalue weighted by molar-refractivity contribution is 7.89. The minimum absolute atomic E-state index is 0.0137. The van der Waals surface area contributed by atoms with E-state index in [2.05, 4.69) is 0 Å². The summed E-state index contributed by atoms with van der Waals surface area (Å²) in [5, 5.41) is 0. The zero-order valence-electron chi connectivity index (χ0n) is 9.34. The van der Waals surface area contributed by atoms with Crippen molar-refractivity contribution in [1.29, 1.82) is 0 Å². The summed E-state index contributed by atoms with van der Waals surface area (Å²) < 4.78 is 25.8. The van der Waals surface area contributed by atoms with Crippen LogP contribution in [0.25, 0.3) is 0 Å². The standard InChI is InChI=1S/C11H17NO2S/c1-4-12(10(2)3)15(13,14)11-8-6-5-7-9-11/h5-10H,4H2,1-3H3. The molecular weight excluding hydrogens is 210 g/mol. The molecule has 1 rings (SSSR count). The second-order valence-corrected chi connectivity index (χ2v) is 5.51. The van der Waals surface area contributed by atoms with Crippen LogP contribution in [0.5, 0.6) is 0 Å². The van der Waals surface area contributed by atoms with Gasteiger partial charge < -0.3 is 0 Å². The molecule has 84 valence electrons. The molecule has 0 heterocycles. The van der Waals surface area contributed by atoms with Crippen LogP contribution in [0.15, 0.2) is 35.2 Å². The highest BCUT2D eigenvalue weighted by atomic mass is 32.2. The number of sulfonamides is 1. The Kier molecular flexibility index (Phi) is 3.88. The molecule has 4 heteroatoms. The quantitative estimate of drug-likeness (QED) is 0.790. The van der Waals surface area contributed by atoms with Crippen LogP contribution in [0.2, 0.25) is 0 Å². The van der Waals surface area contributed by atoms with Crippen molar-refractivity contribution in [1.82, 2.24) is 4.31 Å². The van der Waals surface area contributed by atoms with Gasteiger partial charge in [0.05, 0.1) is 4.90 Å². The van der Waals surface area contributed by atoms with Crippen LogP contribution >= 0.6 is 0 Å². The molecule has 1 aromatic carbocycles. The van der Waals surface area contributed by atoms with Gasteiger partial charge in [0.1, 0.15) is 0 Å². The summed E-state index contributed by atoms with van der Waals surface area (Å²) in [4.78, 5) is 0.362. The average Bonchev–Trinajstić information content (AvgIpc) is 2.19. The Bertz CT molecular complexity index is 398. The van der Waals surface area contributed by atoms with E-state index in [1.54, 1.807) is 24.3 Å². The summed E-state index contributed by atoms with van der Waals surface area (Å²) in [6.45, 7) is 6.10. The van der Waals surface area contributed by atoms with Crippen molar-refractivity contribution in [2.45, 2.75) is 31.7 Å². The molecular formula is C11H17NO2S. The van der Waals surface area contributed by atoms with E-state index in [9.17, 15) is 8.42 Å². The predicted molar refractivity (Wildman–Crippen MR) is 61.1 cm³/mol. The Morgan fingerprint density at radius 3 is 2.13 bits per heavy atom. The minimum atomic E-state index is -3.32. The molecule has 0 unspecified atom stereocenters. The maximum Gasteiger partial charge on any atom is 0.243 e. The van der Waals surface area contributed by atoms with Crippen LogP contribution in [0.3, 0.4) is 0 Å². The van der Waals surface area contributed by atoms with Crippen LogP contribution in [0, 0.1) is 0 Å². The summed E-state index contributed by atoms with van der Waals surface area (Å²) in [5.41, 5.74) is 0. The normalized spacial score (nSPS) is 12.3. The van der Waals surface area contributed by atoms with E-state index in [4.69, 9.17) is 0 Å². The third kappa shape index (κ3) is 2.58. The molecule has 0 atom stereocenters. The van der Waals surface area contributed by atoms with E-state index in [1.807, 2.05) is 26.8 Å². The first-order valence-electron chi connectivity index (χ1n) is 5.07. The molecule has 1 aromatic rings. The fourth-order valence-corrected chi connectivity index (χ4v) is 3.21. The Morgan fingerprint density at radius 2 is 1.73 bits per heavy atom. The lowest BCUT2D eigenvalue weighted by atomic mass is 10.4. The lowest BCUT2D eigenvalue weighted by Gasteiger charge is -2.24. The van der Waals surface area contributed by atoms with Crippen molar-refractivity contribution < 1.29 is 8.42 Å². The monoisotopic (exact) mass is 227 g/mol. The maximum absolute atomic E-state index is 12.1. The SMILES string of the molecule is CCN(C(C)C)S(=O)(=O)c1ccccc1. The van der Waals surface area contributed by atoms with Crippen LogP contribution < -0.4 is 0 Å². The molecule has 0 aliphatic heterocycles. The van der Waals surface area contributed by atoms with E-state index >= 15 is 0 Å². The van der Waals surface area contributed by atoms with Crippen LogP contribution in [0.1, 0.15) is 20.8 Å². The Balaban J connectivity index is 3.13. The third-order valence-corrected chi connectivity index (χ3v) is 4.40. The van der Waals surface area contributed by atoms with E-state index in [1.165, 1.54) is 4.31 Å². The first-order valence-corrected chi connectivity index (χ1v) is 6.51. The number of nitrogens with zero attached hydrogens (tertiary/aromatic N) is 1. The summed E-state index contributed by atoms with van der Waals surface area (Å²) in [6, 6.07) is 8.52. The maximum atomic E-state index is 12.1. The Hall–Kier alpha value is -0.870. The Labute approximate surface area is 91.8 Å². The first kappa shape index (κ1) is 12.2. The van der Waals surface area contributed by atoms with Crippen LogP contribution in [-0.2, 0) is 10.0 Å². The van der Waals surface area contributed by atoms with Gasteiger partial charge in [0.2, 0.25) is 10.0 Å². The minimum Gasteiger partial charge on any atom is -0.207 e. The van der Waals surface area contributed by atoms with Crippen molar-refractivity contribution >= 4 is 10.0 Å². The van der Waals surface area contributed by atoms with Gasteiger partial charge in [-0.05, 0) is 26.0 Å². The molecule has 0 aliphatic rings. The molecule has 0 aliphatic carbocycles. The zero-order valence-corrected chi connectivity index (χ0v) is 10.2. The second kappa shape index (κ2) is 4.77. The molecule has 0 radical (unpaired) electrons. The average molecular weight is 227 g/mol. The van der Waals surface area contributed by atoms with E-state index in [-0.39, 0.29) is 6.04 Å². The van der Waals surface area contributed by atoms with Crippen molar-refractivity contribution in [2.24, 2.45) is 0 Å². The van der Waals surface area contributed by atoms with Gasteiger partial charge in [-0.25, -0.2) is 8.42 Å². The molecule has 0 spiro atoms. The van der Waals surface area contributed by atoms with E-state index in [0.29, 0.717) is 11.4 Å². The zero-order chi connectivity index (χ0) is 11.5. The first-order chi connectivity index (χ1) is 7.00. The summed E-state index contributed by atoms with van der Waals surface area (Å²) in [6.07, 6.45) is 0. The predicted octanol–water partition coefficient (Wildman–Crippen LogP) is 2.11. The van der Waals surface area contributed by atoms with Crippen molar-refractivity contribution in [3.8, 4) is 0 Å². The molecule has 0 saturated carbocycles. The van der Waals surface area contributed by atoms with Crippen LogP contribution in [-0.4, -0.2) is 25.3 Å². The second-order valence-electron chi connectivity index (χ2n) is 3.62. The number of rotatable bonds is 4. The van der Waals surface area contributed by atoms with E-state index < -0.39 is 10.0 Å². The lowest BCUT2D eigenvalue weighted by molar-refractivity contribution is 0.369. The van der Waals surface area contributed by atoms with Crippen molar-refractivity contribution in [3.63, 3.8) is 0 Å². The highest BCUT2D eigenvalue weighted by Crippen LogP contribution is 2.16. The van der Waals surface area contributed by atoms with Crippen molar-refractivity contribution in [3.05, 3.63) is 30.3 Å². The van der Waals surface area contributed by atoms with E-state index in [0.717, 1.165) is 0 Å². The van der Waals surface area contributed by atoms with Crippen LogP contribution in [0.4, 0.5) is 0 Å². The van der Waals surface area contributed by atoms with Gasteiger partial charge in [-0.15, -0.1) is 0 Å². The molecule has 0 fully saturated rings. The topological polar surface area (TPSA) is 37.4 Å². The highest BCUT2D eigenvalue weighted by Gasteiger charge is 2.24. The number of hydrogen-bond acceptors (Lipinski definition) is 2. The fourth-order valence-electron chi connectivity index (χ4n) is 1.54. The lowest BCUT2D eigenvalue weighted by Crippen LogP contribution is -2.36. The van der Waals surface area contributed by atoms with Crippen molar-refractivity contribution in [2.75, 3.05) is 6.54 Å². The van der Waals surface area contributed by atoms with Gasteiger partial charge in [-0.2, -0.15) is 4.31 Å². The van der Waals surface area contributed by atoms with Gasteiger partial charge >= 0.3 is 0 Å². The summed E-state index contributed by atoms with van der Waals surface area (Å²) >= 11 is 0. The molecule has 0 saturated heterocycles.